The molecule has 1 fully saturated rings. The molecule has 0 aromatic carbocycles. The maximum atomic E-state index is 12.4. The van der Waals surface area contributed by atoms with Crippen molar-refractivity contribution in [2.75, 3.05) is 13.1 Å². The fourth-order valence-corrected chi connectivity index (χ4v) is 3.26. The summed E-state index contributed by atoms with van der Waals surface area (Å²) in [4.78, 5) is 22.9. The maximum absolute atomic E-state index is 12.4. The van der Waals surface area contributed by atoms with Crippen LogP contribution in [0, 0.1) is 5.92 Å². The van der Waals surface area contributed by atoms with E-state index in [2.05, 4.69) is 16.0 Å². The molecule has 0 aliphatic carbocycles. The fraction of sp³-hybridized carbons (Fsp3) is 0.500. The second-order valence-electron chi connectivity index (χ2n) is 6.28. The molecule has 3 rings (SSSR count). The summed E-state index contributed by atoms with van der Waals surface area (Å²) in [5.41, 5.74) is 1.13. The van der Waals surface area contributed by atoms with Crippen LogP contribution in [0.1, 0.15) is 31.4 Å². The summed E-state index contributed by atoms with van der Waals surface area (Å²) in [6, 6.07) is 6.05. The second-order valence-corrected chi connectivity index (χ2v) is 6.28. The van der Waals surface area contributed by atoms with Gasteiger partial charge in [-0.3, -0.25) is 9.78 Å². The van der Waals surface area contributed by atoms with E-state index in [1.165, 1.54) is 6.42 Å². The normalized spacial score (nSPS) is 18.1. The number of pyridine rings is 1. The Morgan fingerprint density at radius 2 is 2.26 bits per heavy atom. The zero-order chi connectivity index (χ0) is 15.9. The predicted molar refractivity (Wildman–Crippen MR) is 88.7 cm³/mol. The lowest BCUT2D eigenvalue weighted by molar-refractivity contribution is -0.133. The highest BCUT2D eigenvalue weighted by atomic mass is 16.2. The monoisotopic (exact) mass is 312 g/mol. The zero-order valence-electron chi connectivity index (χ0n) is 13.5. The smallest absolute Gasteiger partial charge is 0.222 e. The highest BCUT2D eigenvalue weighted by Gasteiger charge is 2.23. The Morgan fingerprint density at radius 1 is 1.30 bits per heavy atom. The Labute approximate surface area is 137 Å². The first-order valence-corrected chi connectivity index (χ1v) is 8.44. The summed E-state index contributed by atoms with van der Waals surface area (Å²) in [5.74, 6) is 0.826. The van der Waals surface area contributed by atoms with Crippen molar-refractivity contribution in [2.45, 2.75) is 38.6 Å². The largest absolute Gasteiger partial charge is 0.342 e. The van der Waals surface area contributed by atoms with Gasteiger partial charge in [0.05, 0.1) is 6.33 Å². The van der Waals surface area contributed by atoms with Gasteiger partial charge in [-0.1, -0.05) is 6.07 Å². The van der Waals surface area contributed by atoms with Crippen molar-refractivity contribution in [2.24, 2.45) is 5.92 Å². The average Bonchev–Trinajstić information content (AvgIpc) is 3.09. The van der Waals surface area contributed by atoms with Crippen LogP contribution in [0.15, 0.2) is 43.1 Å². The van der Waals surface area contributed by atoms with Gasteiger partial charge >= 0.3 is 0 Å². The van der Waals surface area contributed by atoms with E-state index in [1.54, 1.807) is 12.5 Å². The van der Waals surface area contributed by atoms with E-state index in [0.717, 1.165) is 44.6 Å². The minimum atomic E-state index is 0.288. The van der Waals surface area contributed by atoms with Gasteiger partial charge in [0.2, 0.25) is 5.91 Å². The van der Waals surface area contributed by atoms with Gasteiger partial charge in [0.1, 0.15) is 0 Å². The average molecular weight is 312 g/mol. The maximum Gasteiger partial charge on any atom is 0.222 e. The number of hydrogen-bond donors (Lipinski definition) is 0. The standard InChI is InChI=1S/C18H24N4O/c23-18(7-4-10-21-12-9-19-15-21)22-11-3-5-16(14-22)13-17-6-1-2-8-20-17/h1-2,6,8-9,12,15-16H,3-5,7,10-11,13-14H2/t16-/m0/s1. The highest BCUT2D eigenvalue weighted by molar-refractivity contribution is 5.76. The lowest BCUT2D eigenvalue weighted by Crippen LogP contribution is -2.40. The number of carbonyl (C=O) groups excluding carboxylic acids is 1. The summed E-state index contributed by atoms with van der Waals surface area (Å²) in [6.07, 6.45) is 12.1. The first-order chi connectivity index (χ1) is 11.3. The molecule has 0 N–H and O–H groups in total. The van der Waals surface area contributed by atoms with Crippen molar-refractivity contribution in [1.82, 2.24) is 19.4 Å². The van der Waals surface area contributed by atoms with Gasteiger partial charge in [-0.15, -0.1) is 0 Å². The number of imidazole rings is 1. The molecule has 2 aromatic heterocycles. The van der Waals surface area contributed by atoms with Crippen LogP contribution in [0.4, 0.5) is 0 Å². The number of aryl methyl sites for hydroxylation is 1. The van der Waals surface area contributed by atoms with Gasteiger partial charge in [0, 0.05) is 50.3 Å². The molecule has 5 heteroatoms. The molecule has 3 heterocycles. The third-order valence-corrected chi connectivity index (χ3v) is 4.46. The molecule has 0 radical (unpaired) electrons. The molecule has 0 bridgehead atoms. The minimum Gasteiger partial charge on any atom is -0.342 e. The van der Waals surface area contributed by atoms with Gasteiger partial charge in [-0.2, -0.15) is 0 Å². The molecule has 0 spiro atoms. The second kappa shape index (κ2) is 7.90. The number of carbonyl (C=O) groups is 1. The van der Waals surface area contributed by atoms with E-state index in [4.69, 9.17) is 0 Å². The molecule has 23 heavy (non-hydrogen) atoms. The van der Waals surface area contributed by atoms with Crippen LogP contribution in [0.2, 0.25) is 0 Å². The molecule has 1 amide bonds. The first kappa shape index (κ1) is 15.7. The molecule has 1 atom stereocenters. The topological polar surface area (TPSA) is 51.0 Å². The van der Waals surface area contributed by atoms with Crippen molar-refractivity contribution in [3.05, 3.63) is 48.8 Å². The SMILES string of the molecule is O=C(CCCn1ccnc1)N1CCC[C@@H](Cc2ccccn2)C1. The van der Waals surface area contributed by atoms with E-state index >= 15 is 0 Å². The number of likely N-dealkylation sites (tertiary alicyclic amines) is 1. The van der Waals surface area contributed by atoms with Crippen LogP contribution >= 0.6 is 0 Å². The lowest BCUT2D eigenvalue weighted by atomic mass is 9.93. The van der Waals surface area contributed by atoms with E-state index in [9.17, 15) is 4.79 Å². The van der Waals surface area contributed by atoms with Crippen LogP contribution in [-0.4, -0.2) is 38.4 Å². The van der Waals surface area contributed by atoms with E-state index < -0.39 is 0 Å². The number of aromatic nitrogens is 3. The van der Waals surface area contributed by atoms with Gasteiger partial charge in [0.25, 0.3) is 0 Å². The van der Waals surface area contributed by atoms with Crippen LogP contribution < -0.4 is 0 Å². The first-order valence-electron chi connectivity index (χ1n) is 8.44. The highest BCUT2D eigenvalue weighted by Crippen LogP contribution is 2.21. The summed E-state index contributed by atoms with van der Waals surface area (Å²) >= 11 is 0. The van der Waals surface area contributed by atoms with Crippen molar-refractivity contribution >= 4 is 5.91 Å². The van der Waals surface area contributed by atoms with Crippen molar-refractivity contribution in [3.8, 4) is 0 Å². The number of piperidine rings is 1. The Balaban J connectivity index is 1.44. The Morgan fingerprint density at radius 3 is 3.04 bits per heavy atom. The number of amides is 1. The van der Waals surface area contributed by atoms with Crippen LogP contribution in [0.25, 0.3) is 0 Å². The molecule has 5 nitrogen and oxygen atoms in total. The summed E-state index contributed by atoms with van der Waals surface area (Å²) in [7, 11) is 0. The molecular weight excluding hydrogens is 288 g/mol. The molecule has 0 saturated carbocycles. The number of hydrogen-bond acceptors (Lipinski definition) is 3. The predicted octanol–water partition coefficient (Wildman–Crippen LogP) is 2.54. The lowest BCUT2D eigenvalue weighted by Gasteiger charge is -2.33. The third-order valence-electron chi connectivity index (χ3n) is 4.46. The third kappa shape index (κ3) is 4.65. The quantitative estimate of drug-likeness (QED) is 0.823. The molecule has 1 saturated heterocycles. The van der Waals surface area contributed by atoms with Crippen LogP contribution in [0.5, 0.6) is 0 Å². The van der Waals surface area contributed by atoms with E-state index in [0.29, 0.717) is 12.3 Å². The van der Waals surface area contributed by atoms with Crippen molar-refractivity contribution < 1.29 is 4.79 Å². The van der Waals surface area contributed by atoms with Gasteiger partial charge in [-0.05, 0) is 43.7 Å². The molecule has 122 valence electrons. The zero-order valence-corrected chi connectivity index (χ0v) is 13.5. The van der Waals surface area contributed by atoms with Crippen molar-refractivity contribution in [1.29, 1.82) is 0 Å². The van der Waals surface area contributed by atoms with Crippen molar-refractivity contribution in [3.63, 3.8) is 0 Å². The summed E-state index contributed by atoms with van der Waals surface area (Å²) < 4.78 is 2.02. The molecule has 0 unspecified atom stereocenters. The van der Waals surface area contributed by atoms with Crippen LogP contribution in [0.3, 0.4) is 0 Å². The summed E-state index contributed by atoms with van der Waals surface area (Å²) in [6.45, 7) is 2.64. The minimum absolute atomic E-state index is 0.288. The molecule has 1 aliphatic rings. The molecule has 2 aromatic rings. The number of nitrogens with zero attached hydrogens (tertiary/aromatic N) is 4. The van der Waals surface area contributed by atoms with Gasteiger partial charge < -0.3 is 9.47 Å². The van der Waals surface area contributed by atoms with E-state index in [-0.39, 0.29) is 5.91 Å². The van der Waals surface area contributed by atoms with Gasteiger partial charge in [0.15, 0.2) is 0 Å². The van der Waals surface area contributed by atoms with Crippen LogP contribution in [-0.2, 0) is 17.8 Å². The Bertz CT molecular complexity index is 597. The Kier molecular flexibility index (Phi) is 5.40. The molecule has 1 aliphatic heterocycles. The Hall–Kier alpha value is -2.17. The van der Waals surface area contributed by atoms with E-state index in [1.807, 2.05) is 34.0 Å². The fourth-order valence-electron chi connectivity index (χ4n) is 3.26. The number of rotatable bonds is 6. The van der Waals surface area contributed by atoms with Gasteiger partial charge in [-0.25, -0.2) is 4.98 Å². The molecular formula is C18H24N4O. The summed E-state index contributed by atoms with van der Waals surface area (Å²) in [5, 5.41) is 0.